The number of methoxy groups -OCH3 is 1. The highest BCUT2D eigenvalue weighted by atomic mass is 35.5. The molecule has 1 aromatic heterocycles. The molecule has 2 aromatic rings. The van der Waals surface area contributed by atoms with Crippen LogP contribution < -0.4 is 10.5 Å². The average molecular weight is 324 g/mol. The molecule has 2 rings (SSSR count). The summed E-state index contributed by atoms with van der Waals surface area (Å²) in [6.07, 6.45) is -4.42. The van der Waals surface area contributed by atoms with E-state index in [1.165, 1.54) is 24.5 Å². The second kappa shape index (κ2) is 6.47. The van der Waals surface area contributed by atoms with Gasteiger partial charge in [-0.25, -0.2) is 0 Å². The van der Waals surface area contributed by atoms with Gasteiger partial charge in [-0.15, -0.1) is 12.4 Å². The van der Waals surface area contributed by atoms with Crippen molar-refractivity contribution >= 4 is 23.7 Å². The Bertz CT molecular complexity index is 557. The Hall–Kier alpha value is -1.24. The Morgan fingerprint density at radius 1 is 1.20 bits per heavy atom. The summed E-state index contributed by atoms with van der Waals surface area (Å²) in [6.45, 7) is 0. The van der Waals surface area contributed by atoms with Crippen molar-refractivity contribution in [2.24, 2.45) is 5.73 Å². The van der Waals surface area contributed by atoms with E-state index >= 15 is 0 Å². The number of hydrogen-bond donors (Lipinski definition) is 1. The standard InChI is InChI=1S/C13H12F3NOS.ClH/c1-18-11-5-9(4-10(6-11)13(14,15)16)12(17)8-2-3-19-7-8;/h2-7,12H,17H2,1H3;1H/t12-;/m0./s1. The van der Waals surface area contributed by atoms with Crippen molar-refractivity contribution in [3.63, 3.8) is 0 Å². The van der Waals surface area contributed by atoms with Crippen LogP contribution in [0.3, 0.4) is 0 Å². The maximum absolute atomic E-state index is 12.8. The van der Waals surface area contributed by atoms with Crippen molar-refractivity contribution < 1.29 is 17.9 Å². The maximum atomic E-state index is 12.8. The smallest absolute Gasteiger partial charge is 0.416 e. The molecule has 110 valence electrons. The quantitative estimate of drug-likeness (QED) is 0.916. The zero-order chi connectivity index (χ0) is 14.0. The molecule has 2 N–H and O–H groups in total. The topological polar surface area (TPSA) is 35.2 Å². The molecule has 0 fully saturated rings. The van der Waals surface area contributed by atoms with Gasteiger partial charge < -0.3 is 10.5 Å². The summed E-state index contributed by atoms with van der Waals surface area (Å²) in [6, 6.07) is 4.75. The van der Waals surface area contributed by atoms with Gasteiger partial charge in [-0.3, -0.25) is 0 Å². The van der Waals surface area contributed by atoms with Gasteiger partial charge in [0.15, 0.2) is 0 Å². The van der Waals surface area contributed by atoms with Crippen LogP contribution in [0.25, 0.3) is 0 Å². The lowest BCUT2D eigenvalue weighted by Crippen LogP contribution is -2.13. The van der Waals surface area contributed by atoms with Crippen molar-refractivity contribution in [3.05, 3.63) is 51.7 Å². The van der Waals surface area contributed by atoms with Crippen LogP contribution in [0, 0.1) is 0 Å². The molecule has 0 radical (unpaired) electrons. The van der Waals surface area contributed by atoms with E-state index in [-0.39, 0.29) is 18.2 Å². The van der Waals surface area contributed by atoms with E-state index in [2.05, 4.69) is 0 Å². The molecule has 0 spiro atoms. The van der Waals surface area contributed by atoms with Crippen LogP contribution in [-0.2, 0) is 6.18 Å². The van der Waals surface area contributed by atoms with Crippen LogP contribution in [0.15, 0.2) is 35.0 Å². The minimum atomic E-state index is -4.42. The van der Waals surface area contributed by atoms with Crippen molar-refractivity contribution in [2.75, 3.05) is 7.11 Å². The molecule has 7 heteroatoms. The van der Waals surface area contributed by atoms with Crippen molar-refractivity contribution in [2.45, 2.75) is 12.2 Å². The molecular weight excluding hydrogens is 311 g/mol. The molecule has 2 nitrogen and oxygen atoms in total. The number of ether oxygens (including phenoxy) is 1. The molecule has 0 amide bonds. The van der Waals surface area contributed by atoms with Crippen LogP contribution in [0.4, 0.5) is 13.2 Å². The van der Waals surface area contributed by atoms with Gasteiger partial charge in [0.1, 0.15) is 5.75 Å². The van der Waals surface area contributed by atoms with Gasteiger partial charge in [-0.1, -0.05) is 0 Å². The fourth-order valence-corrected chi connectivity index (χ4v) is 2.42. The summed E-state index contributed by atoms with van der Waals surface area (Å²) in [5, 5.41) is 3.65. The predicted molar refractivity (Wildman–Crippen MR) is 75.6 cm³/mol. The third kappa shape index (κ3) is 3.65. The third-order valence-electron chi connectivity index (χ3n) is 2.75. The summed E-state index contributed by atoms with van der Waals surface area (Å²) >= 11 is 1.45. The molecule has 20 heavy (non-hydrogen) atoms. The molecule has 0 aliphatic rings. The number of hydrogen-bond acceptors (Lipinski definition) is 3. The van der Waals surface area contributed by atoms with Gasteiger partial charge >= 0.3 is 6.18 Å². The third-order valence-corrected chi connectivity index (χ3v) is 3.45. The second-order valence-corrected chi connectivity index (χ2v) is 4.81. The predicted octanol–water partition coefficient (Wildman–Crippen LogP) is 4.25. The molecule has 0 aliphatic carbocycles. The van der Waals surface area contributed by atoms with Crippen LogP contribution in [0.5, 0.6) is 5.75 Å². The molecule has 1 aromatic carbocycles. The molecule has 0 bridgehead atoms. The van der Waals surface area contributed by atoms with E-state index in [4.69, 9.17) is 10.5 Å². The van der Waals surface area contributed by atoms with Crippen LogP contribution in [0.1, 0.15) is 22.7 Å². The Balaban J connectivity index is 0.00000200. The number of rotatable bonds is 3. The van der Waals surface area contributed by atoms with E-state index in [1.807, 2.05) is 10.8 Å². The van der Waals surface area contributed by atoms with Crippen LogP contribution in [0.2, 0.25) is 0 Å². The second-order valence-electron chi connectivity index (χ2n) is 4.03. The summed E-state index contributed by atoms with van der Waals surface area (Å²) in [5.41, 5.74) is 6.39. The minimum Gasteiger partial charge on any atom is -0.497 e. The Morgan fingerprint density at radius 2 is 1.90 bits per heavy atom. The van der Waals surface area contributed by atoms with Gasteiger partial charge in [0.25, 0.3) is 0 Å². The number of alkyl halides is 3. The SMILES string of the molecule is COc1cc([C@@H](N)c2ccsc2)cc(C(F)(F)F)c1.Cl. The van der Waals surface area contributed by atoms with E-state index in [0.29, 0.717) is 5.56 Å². The first-order valence-corrected chi connectivity index (χ1v) is 6.40. The zero-order valence-corrected chi connectivity index (χ0v) is 12.1. The van der Waals surface area contributed by atoms with Gasteiger partial charge in [0, 0.05) is 0 Å². The number of halogens is 4. The lowest BCUT2D eigenvalue weighted by molar-refractivity contribution is -0.137. The van der Waals surface area contributed by atoms with Crippen LogP contribution in [-0.4, -0.2) is 7.11 Å². The number of thiophene rings is 1. The minimum absolute atomic E-state index is 0. The largest absolute Gasteiger partial charge is 0.497 e. The van der Waals surface area contributed by atoms with Crippen molar-refractivity contribution in [1.82, 2.24) is 0 Å². The highest BCUT2D eigenvalue weighted by molar-refractivity contribution is 7.08. The summed E-state index contributed by atoms with van der Waals surface area (Å²) in [4.78, 5) is 0. The highest BCUT2D eigenvalue weighted by Gasteiger charge is 2.32. The number of benzene rings is 1. The molecule has 0 saturated heterocycles. The fourth-order valence-electron chi connectivity index (χ4n) is 1.73. The van der Waals surface area contributed by atoms with Gasteiger partial charge in [-0.2, -0.15) is 24.5 Å². The lowest BCUT2D eigenvalue weighted by Gasteiger charge is -2.15. The van der Waals surface area contributed by atoms with E-state index in [9.17, 15) is 13.2 Å². The average Bonchev–Trinajstić information content (AvgIpc) is 2.90. The normalized spacial score (nSPS) is 12.7. The van der Waals surface area contributed by atoms with Gasteiger partial charge in [0.2, 0.25) is 0 Å². The number of nitrogens with two attached hydrogens (primary N) is 1. The van der Waals surface area contributed by atoms with Crippen molar-refractivity contribution in [1.29, 1.82) is 0 Å². The Morgan fingerprint density at radius 3 is 2.40 bits per heavy atom. The first kappa shape index (κ1) is 16.8. The first-order chi connectivity index (χ1) is 8.91. The first-order valence-electron chi connectivity index (χ1n) is 5.45. The summed E-state index contributed by atoms with van der Waals surface area (Å²) < 4.78 is 43.3. The van der Waals surface area contributed by atoms with Gasteiger partial charge in [0.05, 0.1) is 18.7 Å². The van der Waals surface area contributed by atoms with E-state index < -0.39 is 17.8 Å². The maximum Gasteiger partial charge on any atom is 0.416 e. The lowest BCUT2D eigenvalue weighted by atomic mass is 9.99. The Kier molecular flexibility index (Phi) is 5.44. The van der Waals surface area contributed by atoms with Crippen molar-refractivity contribution in [3.8, 4) is 5.75 Å². The molecule has 1 heterocycles. The highest BCUT2D eigenvalue weighted by Crippen LogP contribution is 2.35. The molecule has 0 unspecified atom stereocenters. The molecular formula is C13H13ClF3NOS. The molecule has 0 aliphatic heterocycles. The summed E-state index contributed by atoms with van der Waals surface area (Å²) in [5.74, 6) is 0.149. The Labute approximate surface area is 124 Å². The monoisotopic (exact) mass is 323 g/mol. The van der Waals surface area contributed by atoms with Crippen LogP contribution >= 0.6 is 23.7 Å². The fraction of sp³-hybridized carbons (Fsp3) is 0.231. The molecule has 1 atom stereocenters. The molecule has 0 saturated carbocycles. The van der Waals surface area contributed by atoms with E-state index in [1.54, 1.807) is 6.07 Å². The zero-order valence-electron chi connectivity index (χ0n) is 10.5. The van der Waals surface area contributed by atoms with Gasteiger partial charge in [-0.05, 0) is 46.2 Å². The van der Waals surface area contributed by atoms with E-state index in [0.717, 1.165) is 17.7 Å². The summed E-state index contributed by atoms with van der Waals surface area (Å²) in [7, 11) is 1.33.